The van der Waals surface area contributed by atoms with E-state index >= 15 is 0 Å². The molecule has 0 heterocycles. The summed E-state index contributed by atoms with van der Waals surface area (Å²) < 4.78 is 0. The normalized spacial score (nSPS) is 18.9. The van der Waals surface area contributed by atoms with Gasteiger partial charge in [0, 0.05) is 6.04 Å². The van der Waals surface area contributed by atoms with Crippen LogP contribution in [0.2, 0.25) is 0 Å². The van der Waals surface area contributed by atoms with Crippen molar-refractivity contribution in [3.8, 4) is 0 Å². The number of rotatable bonds is 7. The first-order chi connectivity index (χ1) is 7.64. The minimum absolute atomic E-state index is 0.434. The molecule has 16 heavy (non-hydrogen) atoms. The lowest BCUT2D eigenvalue weighted by atomic mass is 9.84. The summed E-state index contributed by atoms with van der Waals surface area (Å²) >= 11 is 0. The van der Waals surface area contributed by atoms with E-state index in [4.69, 9.17) is 5.73 Å². The molecule has 0 atom stereocenters. The Balaban J connectivity index is 2.02. The fourth-order valence-electron chi connectivity index (χ4n) is 2.70. The molecule has 96 valence electrons. The van der Waals surface area contributed by atoms with Crippen LogP contribution in [-0.2, 0) is 0 Å². The standard InChI is InChI=1S/C14H30N2/c1-14(2,10-11-15)9-6-12-16-13-7-4-3-5-8-13/h13,16H,3-12,15H2,1-2H3. The average Bonchev–Trinajstić information content (AvgIpc) is 2.26. The summed E-state index contributed by atoms with van der Waals surface area (Å²) in [5, 5.41) is 3.71. The second-order valence-corrected chi connectivity index (χ2v) is 6.10. The Bertz CT molecular complexity index is 172. The monoisotopic (exact) mass is 226 g/mol. The molecule has 0 spiro atoms. The van der Waals surface area contributed by atoms with E-state index in [1.165, 1.54) is 51.5 Å². The molecule has 1 saturated carbocycles. The summed E-state index contributed by atoms with van der Waals surface area (Å²) in [6.07, 6.45) is 10.8. The van der Waals surface area contributed by atoms with Crippen molar-refractivity contribution in [3.05, 3.63) is 0 Å². The maximum absolute atomic E-state index is 5.62. The number of nitrogens with two attached hydrogens (primary N) is 1. The summed E-state index contributed by atoms with van der Waals surface area (Å²) in [4.78, 5) is 0. The van der Waals surface area contributed by atoms with Crippen LogP contribution in [0.3, 0.4) is 0 Å². The van der Waals surface area contributed by atoms with Crippen LogP contribution >= 0.6 is 0 Å². The van der Waals surface area contributed by atoms with Gasteiger partial charge >= 0.3 is 0 Å². The van der Waals surface area contributed by atoms with Crippen molar-refractivity contribution in [2.24, 2.45) is 11.1 Å². The first-order valence-electron chi connectivity index (χ1n) is 7.07. The van der Waals surface area contributed by atoms with Gasteiger partial charge in [-0.2, -0.15) is 0 Å². The van der Waals surface area contributed by atoms with Gasteiger partial charge in [0.2, 0.25) is 0 Å². The molecule has 0 aromatic heterocycles. The first kappa shape index (κ1) is 14.0. The minimum Gasteiger partial charge on any atom is -0.330 e. The van der Waals surface area contributed by atoms with Crippen LogP contribution in [0.5, 0.6) is 0 Å². The van der Waals surface area contributed by atoms with E-state index in [9.17, 15) is 0 Å². The molecule has 1 aliphatic rings. The van der Waals surface area contributed by atoms with E-state index < -0.39 is 0 Å². The zero-order valence-corrected chi connectivity index (χ0v) is 11.2. The molecule has 1 fully saturated rings. The third-order valence-corrected chi connectivity index (χ3v) is 3.89. The predicted molar refractivity (Wildman–Crippen MR) is 71.6 cm³/mol. The molecular formula is C14H30N2. The van der Waals surface area contributed by atoms with Crippen LogP contribution in [0.25, 0.3) is 0 Å². The van der Waals surface area contributed by atoms with E-state index in [0.717, 1.165) is 19.0 Å². The summed E-state index contributed by atoms with van der Waals surface area (Å²) in [6.45, 7) is 6.68. The highest BCUT2D eigenvalue weighted by Gasteiger charge is 2.17. The Morgan fingerprint density at radius 2 is 1.81 bits per heavy atom. The van der Waals surface area contributed by atoms with E-state index in [1.54, 1.807) is 0 Å². The van der Waals surface area contributed by atoms with Crippen LogP contribution < -0.4 is 11.1 Å². The van der Waals surface area contributed by atoms with Gasteiger partial charge in [0.05, 0.1) is 0 Å². The summed E-state index contributed by atoms with van der Waals surface area (Å²) in [7, 11) is 0. The molecule has 0 unspecified atom stereocenters. The number of hydrogen-bond acceptors (Lipinski definition) is 2. The lowest BCUT2D eigenvalue weighted by molar-refractivity contribution is 0.293. The van der Waals surface area contributed by atoms with Gasteiger partial charge in [-0.25, -0.2) is 0 Å². The molecule has 0 radical (unpaired) electrons. The quantitative estimate of drug-likeness (QED) is 0.655. The minimum atomic E-state index is 0.434. The van der Waals surface area contributed by atoms with Gasteiger partial charge in [0.25, 0.3) is 0 Å². The fraction of sp³-hybridized carbons (Fsp3) is 1.00. The van der Waals surface area contributed by atoms with Gasteiger partial charge in [-0.3, -0.25) is 0 Å². The summed E-state index contributed by atoms with van der Waals surface area (Å²) in [5.74, 6) is 0. The Morgan fingerprint density at radius 1 is 1.12 bits per heavy atom. The molecule has 2 heteroatoms. The van der Waals surface area contributed by atoms with Crippen molar-refractivity contribution >= 4 is 0 Å². The topological polar surface area (TPSA) is 38.0 Å². The van der Waals surface area contributed by atoms with E-state index in [2.05, 4.69) is 19.2 Å². The maximum Gasteiger partial charge on any atom is 0.00670 e. The van der Waals surface area contributed by atoms with Crippen molar-refractivity contribution in [1.29, 1.82) is 0 Å². The Labute approximate surface area is 101 Å². The smallest absolute Gasteiger partial charge is 0.00670 e. The Kier molecular flexibility index (Phi) is 6.37. The van der Waals surface area contributed by atoms with E-state index in [-0.39, 0.29) is 0 Å². The number of hydrogen-bond donors (Lipinski definition) is 2. The van der Waals surface area contributed by atoms with Crippen LogP contribution in [0.1, 0.15) is 65.2 Å². The van der Waals surface area contributed by atoms with Gasteiger partial charge in [-0.1, -0.05) is 33.1 Å². The zero-order valence-electron chi connectivity index (χ0n) is 11.2. The lowest BCUT2D eigenvalue weighted by Gasteiger charge is -2.26. The summed E-state index contributed by atoms with van der Waals surface area (Å²) in [6, 6.07) is 0.811. The third kappa shape index (κ3) is 5.86. The van der Waals surface area contributed by atoms with E-state index in [0.29, 0.717) is 5.41 Å². The predicted octanol–water partition coefficient (Wildman–Crippen LogP) is 3.06. The van der Waals surface area contributed by atoms with Crippen molar-refractivity contribution in [2.75, 3.05) is 13.1 Å². The second-order valence-electron chi connectivity index (χ2n) is 6.10. The highest BCUT2D eigenvalue weighted by Crippen LogP contribution is 2.25. The largest absolute Gasteiger partial charge is 0.330 e. The number of nitrogens with one attached hydrogen (secondary N) is 1. The second kappa shape index (κ2) is 7.29. The molecule has 0 aliphatic heterocycles. The van der Waals surface area contributed by atoms with Crippen LogP contribution in [0.4, 0.5) is 0 Å². The van der Waals surface area contributed by atoms with Gasteiger partial charge in [0.1, 0.15) is 0 Å². The van der Waals surface area contributed by atoms with Crippen LogP contribution in [0.15, 0.2) is 0 Å². The van der Waals surface area contributed by atoms with Gasteiger partial charge < -0.3 is 11.1 Å². The van der Waals surface area contributed by atoms with Gasteiger partial charge in [0.15, 0.2) is 0 Å². The molecule has 1 rings (SSSR count). The van der Waals surface area contributed by atoms with Gasteiger partial charge in [-0.15, -0.1) is 0 Å². The molecule has 0 amide bonds. The Hall–Kier alpha value is -0.0800. The molecule has 0 bridgehead atoms. The first-order valence-corrected chi connectivity index (χ1v) is 7.07. The van der Waals surface area contributed by atoms with Crippen molar-refractivity contribution in [3.63, 3.8) is 0 Å². The van der Waals surface area contributed by atoms with Crippen molar-refractivity contribution < 1.29 is 0 Å². The molecule has 0 aromatic carbocycles. The molecule has 0 aromatic rings. The summed E-state index contributed by atoms with van der Waals surface area (Å²) in [5.41, 5.74) is 6.05. The third-order valence-electron chi connectivity index (χ3n) is 3.89. The molecule has 0 saturated heterocycles. The van der Waals surface area contributed by atoms with E-state index in [1.807, 2.05) is 0 Å². The fourth-order valence-corrected chi connectivity index (χ4v) is 2.70. The molecular weight excluding hydrogens is 196 g/mol. The van der Waals surface area contributed by atoms with Crippen molar-refractivity contribution in [1.82, 2.24) is 5.32 Å². The zero-order chi connectivity index (χ0) is 11.9. The van der Waals surface area contributed by atoms with Gasteiger partial charge in [-0.05, 0) is 50.6 Å². The maximum atomic E-state index is 5.62. The molecule has 1 aliphatic carbocycles. The highest BCUT2D eigenvalue weighted by atomic mass is 14.9. The Morgan fingerprint density at radius 3 is 2.44 bits per heavy atom. The SMILES string of the molecule is CC(C)(CCN)CCCNC1CCCCC1. The van der Waals surface area contributed by atoms with Crippen LogP contribution in [0, 0.1) is 5.41 Å². The lowest BCUT2D eigenvalue weighted by Crippen LogP contribution is -2.32. The molecule has 2 nitrogen and oxygen atoms in total. The average molecular weight is 226 g/mol. The van der Waals surface area contributed by atoms with Crippen molar-refractivity contribution in [2.45, 2.75) is 71.3 Å². The van der Waals surface area contributed by atoms with Crippen LogP contribution in [-0.4, -0.2) is 19.1 Å². The molecule has 3 N–H and O–H groups in total. The highest BCUT2D eigenvalue weighted by molar-refractivity contribution is 4.73.